The van der Waals surface area contributed by atoms with Crippen LogP contribution in [0.4, 0.5) is 5.13 Å². The van der Waals surface area contributed by atoms with Crippen molar-refractivity contribution < 1.29 is 13.2 Å². The molecule has 1 atom stereocenters. The normalized spacial score (nSPS) is 16.4. The number of hydrogen-bond acceptors (Lipinski definition) is 6. The van der Waals surface area contributed by atoms with Crippen molar-refractivity contribution in [2.45, 2.75) is 50.6 Å². The van der Waals surface area contributed by atoms with Crippen LogP contribution in [0.15, 0.2) is 71.8 Å². The van der Waals surface area contributed by atoms with Crippen molar-refractivity contribution in [1.29, 1.82) is 0 Å². The van der Waals surface area contributed by atoms with Crippen LogP contribution in [0.2, 0.25) is 0 Å². The molecule has 0 spiro atoms. The van der Waals surface area contributed by atoms with Gasteiger partial charge in [-0.05, 0) is 62.1 Å². The summed E-state index contributed by atoms with van der Waals surface area (Å²) in [5.74, 6) is -0.272. The molecule has 3 heterocycles. The minimum absolute atomic E-state index is 0.205. The van der Waals surface area contributed by atoms with Gasteiger partial charge < -0.3 is 0 Å². The summed E-state index contributed by atoms with van der Waals surface area (Å²) in [6.45, 7) is 4.52. The van der Waals surface area contributed by atoms with Gasteiger partial charge in [-0.15, -0.1) is 0 Å². The zero-order valence-electron chi connectivity index (χ0n) is 20.3. The highest BCUT2D eigenvalue weighted by Crippen LogP contribution is 2.34. The number of thiazole rings is 1. The first-order valence-corrected chi connectivity index (χ1v) is 14.3. The van der Waals surface area contributed by atoms with E-state index in [0.29, 0.717) is 30.2 Å². The molecule has 2 aromatic carbocycles. The molecule has 1 unspecified atom stereocenters. The van der Waals surface area contributed by atoms with Crippen LogP contribution in [0.1, 0.15) is 36.6 Å². The molecular formula is C27H28N4O3S2. The molecule has 2 aromatic heterocycles. The minimum Gasteiger partial charge on any atom is -0.281 e. The van der Waals surface area contributed by atoms with E-state index in [9.17, 15) is 13.2 Å². The largest absolute Gasteiger partial charge is 0.281 e. The molecule has 186 valence electrons. The second-order valence-corrected chi connectivity index (χ2v) is 11.8. The quantitative estimate of drug-likeness (QED) is 0.344. The number of sulfonamides is 1. The maximum atomic E-state index is 14.1. The van der Waals surface area contributed by atoms with Gasteiger partial charge in [0.2, 0.25) is 15.9 Å². The highest BCUT2D eigenvalue weighted by Gasteiger charge is 2.42. The van der Waals surface area contributed by atoms with Gasteiger partial charge in [0.25, 0.3) is 0 Å². The lowest BCUT2D eigenvalue weighted by Gasteiger charge is -2.28. The van der Waals surface area contributed by atoms with E-state index in [-0.39, 0.29) is 17.3 Å². The number of nitrogens with zero attached hydrogens (tertiary/aromatic N) is 4. The molecule has 1 aliphatic rings. The van der Waals surface area contributed by atoms with E-state index in [1.54, 1.807) is 35.4 Å². The second kappa shape index (κ2) is 10.1. The summed E-state index contributed by atoms with van der Waals surface area (Å²) in [7, 11) is -3.82. The van der Waals surface area contributed by atoms with Gasteiger partial charge in [-0.2, -0.15) is 4.31 Å². The summed E-state index contributed by atoms with van der Waals surface area (Å²) in [6, 6.07) is 17.6. The summed E-state index contributed by atoms with van der Waals surface area (Å²) in [5.41, 5.74) is 3.69. The van der Waals surface area contributed by atoms with Crippen molar-refractivity contribution in [1.82, 2.24) is 14.3 Å². The fourth-order valence-electron chi connectivity index (χ4n) is 4.59. The maximum Gasteiger partial charge on any atom is 0.247 e. The minimum atomic E-state index is -3.82. The molecular weight excluding hydrogens is 492 g/mol. The van der Waals surface area contributed by atoms with E-state index in [2.05, 4.69) is 11.9 Å². The lowest BCUT2D eigenvalue weighted by molar-refractivity contribution is -0.121. The third kappa shape index (κ3) is 4.66. The zero-order chi connectivity index (χ0) is 25.3. The predicted molar refractivity (Wildman–Crippen MR) is 143 cm³/mol. The van der Waals surface area contributed by atoms with Crippen LogP contribution in [0.25, 0.3) is 10.2 Å². The Labute approximate surface area is 215 Å². The van der Waals surface area contributed by atoms with Crippen molar-refractivity contribution in [3.8, 4) is 0 Å². The average Bonchev–Trinajstić information content (AvgIpc) is 3.55. The average molecular weight is 521 g/mol. The van der Waals surface area contributed by atoms with E-state index >= 15 is 0 Å². The molecule has 4 aromatic rings. The standard InChI is InChI=1S/C27H28N4O3S2/c1-3-20-8-6-11-24-25(20)29-27(35-24)30(18-21-9-4-5-16-28-21)26(32)23-10-7-17-31(23)36(33,34)22-14-12-19(2)13-15-22/h4-6,8-9,11-16,23H,3,7,10,17-18H2,1-2H3. The Kier molecular flexibility index (Phi) is 6.87. The first-order valence-electron chi connectivity index (χ1n) is 12.1. The number of para-hydroxylation sites is 1. The molecule has 1 amide bonds. The second-order valence-electron chi connectivity index (χ2n) is 8.95. The van der Waals surface area contributed by atoms with E-state index < -0.39 is 16.1 Å². The van der Waals surface area contributed by atoms with Crippen LogP contribution in [0.3, 0.4) is 0 Å². The van der Waals surface area contributed by atoms with Gasteiger partial charge in [0.05, 0.1) is 27.4 Å². The molecule has 36 heavy (non-hydrogen) atoms. The highest BCUT2D eigenvalue weighted by molar-refractivity contribution is 7.89. The van der Waals surface area contributed by atoms with Gasteiger partial charge in [0.15, 0.2) is 5.13 Å². The summed E-state index contributed by atoms with van der Waals surface area (Å²) < 4.78 is 29.4. The van der Waals surface area contributed by atoms with Gasteiger partial charge >= 0.3 is 0 Å². The highest BCUT2D eigenvalue weighted by atomic mass is 32.2. The number of anilines is 1. The van der Waals surface area contributed by atoms with E-state index in [1.807, 2.05) is 43.3 Å². The number of benzene rings is 2. The number of fused-ring (bicyclic) bond motifs is 1. The van der Waals surface area contributed by atoms with Crippen LogP contribution in [0, 0.1) is 6.92 Å². The van der Waals surface area contributed by atoms with E-state index in [1.165, 1.54) is 15.6 Å². The van der Waals surface area contributed by atoms with Gasteiger partial charge in [-0.25, -0.2) is 13.4 Å². The van der Waals surface area contributed by atoms with Crippen molar-refractivity contribution in [2.24, 2.45) is 0 Å². The number of carbonyl (C=O) groups is 1. The topological polar surface area (TPSA) is 83.5 Å². The lowest BCUT2D eigenvalue weighted by Crippen LogP contribution is -2.47. The maximum absolute atomic E-state index is 14.1. The van der Waals surface area contributed by atoms with Crippen LogP contribution in [-0.4, -0.2) is 41.2 Å². The number of amides is 1. The van der Waals surface area contributed by atoms with E-state index in [0.717, 1.165) is 27.8 Å². The molecule has 9 heteroatoms. The molecule has 5 rings (SSSR count). The summed E-state index contributed by atoms with van der Waals surface area (Å²) in [6.07, 6.45) is 3.61. The first-order chi connectivity index (χ1) is 17.4. The fraction of sp³-hybridized carbons (Fsp3) is 0.296. The summed E-state index contributed by atoms with van der Waals surface area (Å²) >= 11 is 1.45. The van der Waals surface area contributed by atoms with Crippen molar-refractivity contribution in [3.63, 3.8) is 0 Å². The van der Waals surface area contributed by atoms with Crippen LogP contribution in [0.5, 0.6) is 0 Å². The van der Waals surface area contributed by atoms with Gasteiger partial charge in [-0.3, -0.25) is 14.7 Å². The number of hydrogen-bond donors (Lipinski definition) is 0. The molecule has 0 radical (unpaired) electrons. The Morgan fingerprint density at radius 1 is 1.11 bits per heavy atom. The number of rotatable bonds is 7. The number of carbonyl (C=O) groups excluding carboxylic acids is 1. The van der Waals surface area contributed by atoms with Crippen molar-refractivity contribution in [3.05, 3.63) is 83.7 Å². The number of aromatic nitrogens is 2. The van der Waals surface area contributed by atoms with E-state index in [4.69, 9.17) is 4.98 Å². The summed E-state index contributed by atoms with van der Waals surface area (Å²) in [5, 5.41) is 0.557. The molecule has 0 aliphatic carbocycles. The summed E-state index contributed by atoms with van der Waals surface area (Å²) in [4.78, 5) is 25.2. The Hall–Kier alpha value is -3.14. The zero-order valence-corrected chi connectivity index (χ0v) is 21.9. The van der Waals surface area contributed by atoms with Crippen molar-refractivity contribution in [2.75, 3.05) is 11.4 Å². The Bertz CT molecular complexity index is 1480. The van der Waals surface area contributed by atoms with Crippen molar-refractivity contribution >= 4 is 42.6 Å². The predicted octanol–water partition coefficient (Wildman–Crippen LogP) is 4.95. The van der Waals surface area contributed by atoms with Gasteiger partial charge in [-0.1, -0.05) is 54.2 Å². The molecule has 0 bridgehead atoms. The molecule has 1 fully saturated rings. The fourth-order valence-corrected chi connectivity index (χ4v) is 7.26. The van der Waals surface area contributed by atoms with Crippen LogP contribution in [-0.2, 0) is 27.8 Å². The molecule has 0 N–H and O–H groups in total. The molecule has 0 saturated carbocycles. The third-order valence-electron chi connectivity index (χ3n) is 6.53. The van der Waals surface area contributed by atoms with Crippen LogP contribution < -0.4 is 4.90 Å². The SMILES string of the molecule is CCc1cccc2sc(N(Cc3ccccn3)C(=O)C3CCCN3S(=O)(=O)c3ccc(C)cc3)nc12. The molecule has 7 nitrogen and oxygen atoms in total. The van der Waals surface area contributed by atoms with Gasteiger partial charge in [0, 0.05) is 12.7 Å². The van der Waals surface area contributed by atoms with Crippen LogP contribution >= 0.6 is 11.3 Å². The number of pyridine rings is 1. The monoisotopic (exact) mass is 520 g/mol. The third-order valence-corrected chi connectivity index (χ3v) is 9.50. The Morgan fingerprint density at radius 2 is 1.92 bits per heavy atom. The Morgan fingerprint density at radius 3 is 2.64 bits per heavy atom. The number of aryl methyl sites for hydroxylation is 2. The van der Waals surface area contributed by atoms with Gasteiger partial charge in [0.1, 0.15) is 6.04 Å². The lowest BCUT2D eigenvalue weighted by atomic mass is 10.1. The first kappa shape index (κ1) is 24.5. The Balaban J connectivity index is 1.53. The molecule has 1 aliphatic heterocycles. The smallest absolute Gasteiger partial charge is 0.247 e. The molecule has 1 saturated heterocycles.